The summed E-state index contributed by atoms with van der Waals surface area (Å²) in [5.74, 6) is -1.41. The van der Waals surface area contributed by atoms with Crippen molar-refractivity contribution in [2.24, 2.45) is 0 Å². The Balaban J connectivity index is 1.55. The molecular weight excluding hydrogens is 505 g/mol. The van der Waals surface area contributed by atoms with Crippen molar-refractivity contribution in [3.8, 4) is 0 Å². The first-order valence-electron chi connectivity index (χ1n) is 10.2. The van der Waals surface area contributed by atoms with Gasteiger partial charge >= 0.3 is 15.2 Å². The van der Waals surface area contributed by atoms with E-state index >= 15 is 4.39 Å². The highest BCUT2D eigenvalue weighted by atomic mass is 35.5. The molecule has 0 aromatic carbocycles. The van der Waals surface area contributed by atoms with Crippen molar-refractivity contribution in [3.05, 3.63) is 23.1 Å². The minimum Gasteiger partial charge on any atom is -0.386 e. The summed E-state index contributed by atoms with van der Waals surface area (Å²) in [6.45, 7) is -1.40. The summed E-state index contributed by atoms with van der Waals surface area (Å²) in [4.78, 5) is 31.6. The minimum absolute atomic E-state index is 0.0813. The Labute approximate surface area is 192 Å². The van der Waals surface area contributed by atoms with Crippen LogP contribution in [0.15, 0.2) is 12.3 Å². The molecule has 33 heavy (non-hydrogen) atoms. The van der Waals surface area contributed by atoms with Gasteiger partial charge in [-0.15, -0.1) is 0 Å². The van der Waals surface area contributed by atoms with Crippen LogP contribution in [0.2, 0.25) is 5.15 Å². The third-order valence-electron chi connectivity index (χ3n) is 5.71. The van der Waals surface area contributed by atoms with E-state index in [9.17, 15) is 19.1 Å². The van der Waals surface area contributed by atoms with Crippen molar-refractivity contribution in [2.45, 2.75) is 49.6 Å². The van der Waals surface area contributed by atoms with Crippen LogP contribution < -0.4 is 5.32 Å². The zero-order valence-electron chi connectivity index (χ0n) is 17.3. The van der Waals surface area contributed by atoms with Crippen LogP contribution in [0.3, 0.4) is 0 Å². The SMILES string of the molecule is O=P(O)(O)CP(=O)(O)OC[C@H]1OC[C@@](F)(c2cnc3c(NC4CCCC4)cc(Cl)nn23)[C@@H]1O. The summed E-state index contributed by atoms with van der Waals surface area (Å²) in [6, 6.07) is 1.82. The van der Waals surface area contributed by atoms with Crippen molar-refractivity contribution in [1.82, 2.24) is 14.6 Å². The van der Waals surface area contributed by atoms with Gasteiger partial charge in [0.15, 0.2) is 16.7 Å². The van der Waals surface area contributed by atoms with Crippen LogP contribution in [-0.2, 0) is 24.1 Å². The van der Waals surface area contributed by atoms with Crippen molar-refractivity contribution in [3.63, 3.8) is 0 Å². The number of aromatic nitrogens is 3. The summed E-state index contributed by atoms with van der Waals surface area (Å²) >= 11 is 6.15. The fourth-order valence-corrected chi connectivity index (χ4v) is 6.90. The molecule has 0 amide bonds. The molecule has 1 saturated carbocycles. The van der Waals surface area contributed by atoms with Gasteiger partial charge in [-0.3, -0.25) is 9.13 Å². The van der Waals surface area contributed by atoms with Gasteiger partial charge in [-0.05, 0) is 12.8 Å². The summed E-state index contributed by atoms with van der Waals surface area (Å²) in [5, 5.41) is 18.2. The second-order valence-electron chi connectivity index (χ2n) is 8.28. The normalized spacial score (nSPS) is 28.4. The number of fused-ring (bicyclic) bond motifs is 1. The van der Waals surface area contributed by atoms with Crippen molar-refractivity contribution in [1.29, 1.82) is 0 Å². The standard InChI is InChI=1S/C17H24ClFN4O8P2/c18-14-5-11(21-10-3-1-2-4-10)16-20-6-13(23(16)22-14)17(19)8-30-12(15(17)24)7-31-33(28,29)9-32(25,26)27/h5-6,10,12,15,21,24H,1-4,7-9H2,(H,28,29)(H2,25,26,27)/t12-,15-,17-/m1/s1. The Bertz CT molecular complexity index is 1130. The maximum absolute atomic E-state index is 16.0. The van der Waals surface area contributed by atoms with Crippen LogP contribution in [0.5, 0.6) is 0 Å². The highest BCUT2D eigenvalue weighted by Gasteiger charge is 2.54. The number of ether oxygens (including phenoxy) is 1. The number of aliphatic hydroxyl groups is 1. The van der Waals surface area contributed by atoms with E-state index in [-0.39, 0.29) is 16.9 Å². The van der Waals surface area contributed by atoms with Crippen molar-refractivity contribution >= 4 is 38.1 Å². The number of halogens is 2. The van der Waals surface area contributed by atoms with E-state index in [1.165, 1.54) is 10.7 Å². The topological polar surface area (TPSA) is 176 Å². The van der Waals surface area contributed by atoms with Gasteiger partial charge in [0.25, 0.3) is 0 Å². The molecule has 1 unspecified atom stereocenters. The molecule has 0 radical (unpaired) electrons. The predicted octanol–water partition coefficient (Wildman–Crippen LogP) is 2.00. The summed E-state index contributed by atoms with van der Waals surface area (Å²) in [6.07, 6.45) is 2.14. The summed E-state index contributed by atoms with van der Waals surface area (Å²) in [7, 11) is -9.53. The quantitative estimate of drug-likeness (QED) is 0.317. The number of anilines is 1. The number of aliphatic hydroxyl groups excluding tert-OH is 1. The fraction of sp³-hybridized carbons (Fsp3) is 0.647. The first-order chi connectivity index (χ1) is 15.4. The molecule has 5 N–H and O–H groups in total. The van der Waals surface area contributed by atoms with E-state index in [1.54, 1.807) is 6.07 Å². The van der Waals surface area contributed by atoms with Crippen molar-refractivity contribution in [2.75, 3.05) is 24.4 Å². The van der Waals surface area contributed by atoms with Gasteiger partial charge in [0.2, 0.25) is 5.67 Å². The minimum atomic E-state index is -4.83. The average molecular weight is 529 g/mol. The third kappa shape index (κ3) is 5.42. The molecule has 184 valence electrons. The Kier molecular flexibility index (Phi) is 6.92. The molecular formula is C17H24ClFN4O8P2. The summed E-state index contributed by atoms with van der Waals surface area (Å²) in [5.41, 5.74) is -1.75. The molecule has 3 heterocycles. The Morgan fingerprint density at radius 1 is 1.33 bits per heavy atom. The highest BCUT2D eigenvalue weighted by Crippen LogP contribution is 2.55. The van der Waals surface area contributed by atoms with Crippen LogP contribution in [0.1, 0.15) is 31.4 Å². The zero-order chi connectivity index (χ0) is 24.0. The second kappa shape index (κ2) is 9.14. The molecule has 0 spiro atoms. The highest BCUT2D eigenvalue weighted by molar-refractivity contribution is 7.70. The molecule has 12 nitrogen and oxygen atoms in total. The number of rotatable bonds is 8. The number of nitrogens with zero attached hydrogens (tertiary/aromatic N) is 3. The van der Waals surface area contributed by atoms with Crippen LogP contribution in [0.4, 0.5) is 10.1 Å². The molecule has 4 rings (SSSR count). The Morgan fingerprint density at radius 2 is 2.03 bits per heavy atom. The Morgan fingerprint density at radius 3 is 2.70 bits per heavy atom. The maximum Gasteiger partial charge on any atom is 0.340 e. The number of hydrogen-bond acceptors (Lipinski definition) is 8. The number of nitrogens with one attached hydrogen (secondary N) is 1. The molecule has 1 aliphatic carbocycles. The van der Waals surface area contributed by atoms with E-state index in [2.05, 4.69) is 19.9 Å². The smallest absolute Gasteiger partial charge is 0.340 e. The average Bonchev–Trinajstić information content (AvgIpc) is 3.40. The van der Waals surface area contributed by atoms with Gasteiger partial charge in [-0.2, -0.15) is 5.10 Å². The molecule has 1 saturated heterocycles. The predicted molar refractivity (Wildman–Crippen MR) is 115 cm³/mol. The van der Waals surface area contributed by atoms with Gasteiger partial charge in [0.05, 0.1) is 25.1 Å². The molecule has 2 aliphatic rings. The number of hydrogen-bond donors (Lipinski definition) is 5. The lowest BCUT2D eigenvalue weighted by atomic mass is 9.95. The first-order valence-corrected chi connectivity index (χ1v) is 14.1. The van der Waals surface area contributed by atoms with E-state index in [0.29, 0.717) is 11.3 Å². The number of alkyl halides is 1. The second-order valence-corrected chi connectivity index (χ2v) is 12.7. The maximum atomic E-state index is 16.0. The number of imidazole rings is 1. The van der Waals surface area contributed by atoms with E-state index in [4.69, 9.17) is 26.1 Å². The lowest BCUT2D eigenvalue weighted by Gasteiger charge is -2.24. The Hall–Kier alpha value is -1.14. The lowest BCUT2D eigenvalue weighted by molar-refractivity contribution is -0.0137. The molecule has 4 atom stereocenters. The van der Waals surface area contributed by atoms with Crippen LogP contribution in [0.25, 0.3) is 5.65 Å². The molecule has 0 bridgehead atoms. The first kappa shape index (κ1) is 25.0. The van der Waals surface area contributed by atoms with Gasteiger partial charge in [0.1, 0.15) is 17.9 Å². The molecule has 2 fully saturated rings. The van der Waals surface area contributed by atoms with Crippen LogP contribution in [0, 0.1) is 0 Å². The van der Waals surface area contributed by atoms with Gasteiger partial charge in [-0.1, -0.05) is 24.4 Å². The van der Waals surface area contributed by atoms with Gasteiger partial charge in [0, 0.05) is 12.1 Å². The lowest BCUT2D eigenvalue weighted by Crippen LogP contribution is -2.40. The molecule has 2 aromatic rings. The third-order valence-corrected chi connectivity index (χ3v) is 9.35. The van der Waals surface area contributed by atoms with E-state index < -0.39 is 52.2 Å². The largest absolute Gasteiger partial charge is 0.386 e. The van der Waals surface area contributed by atoms with E-state index in [0.717, 1.165) is 25.7 Å². The molecule has 1 aliphatic heterocycles. The van der Waals surface area contributed by atoms with Gasteiger partial charge in [-0.25, -0.2) is 13.9 Å². The monoisotopic (exact) mass is 528 g/mol. The molecule has 16 heteroatoms. The fourth-order valence-electron chi connectivity index (χ4n) is 4.15. The van der Waals surface area contributed by atoms with Gasteiger partial charge < -0.3 is 34.4 Å². The zero-order valence-corrected chi connectivity index (χ0v) is 19.8. The summed E-state index contributed by atoms with van der Waals surface area (Å²) < 4.78 is 49.9. The van der Waals surface area contributed by atoms with Crippen LogP contribution >= 0.6 is 26.8 Å². The van der Waals surface area contributed by atoms with Crippen molar-refractivity contribution < 1.29 is 42.6 Å². The molecule has 2 aromatic heterocycles. The van der Waals surface area contributed by atoms with E-state index in [1.807, 2.05) is 0 Å². The van der Waals surface area contributed by atoms with Crippen LogP contribution in [-0.4, -0.2) is 71.8 Å².